The zero-order valence-electron chi connectivity index (χ0n) is 12.0. The van der Waals surface area contributed by atoms with Gasteiger partial charge in [-0.1, -0.05) is 24.3 Å². The standard InChI is InChI=1S/C15H21N3O2/c1-17(2)14(19)7-8-18-10-12-6-4-3-5-11(12)9-13(18)15(16)20/h3-6,13H,7-10H2,1-2H3,(H2,16,20)/t13-/m1/s1. The summed E-state index contributed by atoms with van der Waals surface area (Å²) in [5, 5.41) is 0. The van der Waals surface area contributed by atoms with Crippen molar-refractivity contribution in [3.63, 3.8) is 0 Å². The number of primary amides is 1. The zero-order chi connectivity index (χ0) is 14.7. The second-order valence-electron chi connectivity index (χ2n) is 5.40. The van der Waals surface area contributed by atoms with Gasteiger partial charge in [-0.25, -0.2) is 0 Å². The summed E-state index contributed by atoms with van der Waals surface area (Å²) < 4.78 is 0. The van der Waals surface area contributed by atoms with Gasteiger partial charge in [0.25, 0.3) is 0 Å². The fourth-order valence-electron chi connectivity index (χ4n) is 2.56. The molecule has 0 radical (unpaired) electrons. The van der Waals surface area contributed by atoms with E-state index in [9.17, 15) is 9.59 Å². The summed E-state index contributed by atoms with van der Waals surface area (Å²) in [6.07, 6.45) is 1.03. The second kappa shape index (κ2) is 6.05. The van der Waals surface area contributed by atoms with Crippen molar-refractivity contribution in [1.29, 1.82) is 0 Å². The number of amides is 2. The lowest BCUT2D eigenvalue weighted by molar-refractivity contribution is -0.130. The molecule has 20 heavy (non-hydrogen) atoms. The summed E-state index contributed by atoms with van der Waals surface area (Å²) in [6.45, 7) is 1.23. The van der Waals surface area contributed by atoms with Crippen LogP contribution < -0.4 is 5.73 Å². The summed E-state index contributed by atoms with van der Waals surface area (Å²) >= 11 is 0. The van der Waals surface area contributed by atoms with Crippen LogP contribution in [0.3, 0.4) is 0 Å². The van der Waals surface area contributed by atoms with Crippen LogP contribution in [0.15, 0.2) is 24.3 Å². The molecule has 1 aliphatic heterocycles. The van der Waals surface area contributed by atoms with Crippen LogP contribution >= 0.6 is 0 Å². The molecule has 2 N–H and O–H groups in total. The first-order valence-electron chi connectivity index (χ1n) is 6.79. The molecule has 5 nitrogen and oxygen atoms in total. The predicted molar refractivity (Wildman–Crippen MR) is 76.8 cm³/mol. The first-order chi connectivity index (χ1) is 9.49. The molecule has 0 spiro atoms. The number of rotatable bonds is 4. The Labute approximate surface area is 119 Å². The molecule has 0 bridgehead atoms. The second-order valence-corrected chi connectivity index (χ2v) is 5.40. The number of hydrogen-bond donors (Lipinski definition) is 1. The Morgan fingerprint density at radius 3 is 2.55 bits per heavy atom. The van der Waals surface area contributed by atoms with Crippen molar-refractivity contribution >= 4 is 11.8 Å². The number of nitrogens with two attached hydrogens (primary N) is 1. The van der Waals surface area contributed by atoms with Crippen LogP contribution in [0.5, 0.6) is 0 Å². The highest BCUT2D eigenvalue weighted by Crippen LogP contribution is 2.23. The Morgan fingerprint density at radius 2 is 1.95 bits per heavy atom. The highest BCUT2D eigenvalue weighted by molar-refractivity contribution is 5.81. The van der Waals surface area contributed by atoms with E-state index in [-0.39, 0.29) is 17.9 Å². The third kappa shape index (κ3) is 3.17. The average Bonchev–Trinajstić information content (AvgIpc) is 2.43. The van der Waals surface area contributed by atoms with E-state index in [2.05, 4.69) is 6.07 Å². The van der Waals surface area contributed by atoms with E-state index in [0.717, 1.165) is 0 Å². The van der Waals surface area contributed by atoms with Crippen LogP contribution in [0, 0.1) is 0 Å². The van der Waals surface area contributed by atoms with E-state index in [1.165, 1.54) is 11.1 Å². The fourth-order valence-corrected chi connectivity index (χ4v) is 2.56. The molecule has 108 valence electrons. The smallest absolute Gasteiger partial charge is 0.235 e. The van der Waals surface area contributed by atoms with Crippen molar-refractivity contribution in [3.8, 4) is 0 Å². The van der Waals surface area contributed by atoms with Gasteiger partial charge in [-0.15, -0.1) is 0 Å². The third-order valence-electron chi connectivity index (χ3n) is 3.79. The lowest BCUT2D eigenvalue weighted by atomic mass is 9.93. The minimum atomic E-state index is -0.322. The van der Waals surface area contributed by atoms with Crippen molar-refractivity contribution < 1.29 is 9.59 Å². The highest BCUT2D eigenvalue weighted by Gasteiger charge is 2.29. The summed E-state index contributed by atoms with van der Waals surface area (Å²) in [7, 11) is 3.47. The molecule has 0 aliphatic carbocycles. The van der Waals surface area contributed by atoms with Gasteiger partial charge >= 0.3 is 0 Å². The lowest BCUT2D eigenvalue weighted by Crippen LogP contribution is -2.49. The Hall–Kier alpha value is -1.88. The van der Waals surface area contributed by atoms with E-state index < -0.39 is 0 Å². The van der Waals surface area contributed by atoms with Crippen LogP contribution in [-0.2, 0) is 22.6 Å². The largest absolute Gasteiger partial charge is 0.368 e. The van der Waals surface area contributed by atoms with Crippen LogP contribution in [0.2, 0.25) is 0 Å². The minimum Gasteiger partial charge on any atom is -0.368 e. The van der Waals surface area contributed by atoms with E-state index in [1.807, 2.05) is 23.1 Å². The number of benzene rings is 1. The summed E-state index contributed by atoms with van der Waals surface area (Å²) in [6, 6.07) is 7.75. The number of hydrogen-bond acceptors (Lipinski definition) is 3. The molecular weight excluding hydrogens is 254 g/mol. The van der Waals surface area contributed by atoms with Crippen molar-refractivity contribution in [2.24, 2.45) is 5.73 Å². The molecule has 0 aromatic heterocycles. The molecule has 1 aromatic rings. The van der Waals surface area contributed by atoms with Gasteiger partial charge in [0.1, 0.15) is 0 Å². The Kier molecular flexibility index (Phi) is 4.39. The third-order valence-corrected chi connectivity index (χ3v) is 3.79. The number of carbonyl (C=O) groups excluding carboxylic acids is 2. The summed E-state index contributed by atoms with van der Waals surface area (Å²) in [5.41, 5.74) is 7.89. The SMILES string of the molecule is CN(C)C(=O)CCN1Cc2ccccc2C[C@@H]1C(N)=O. The van der Waals surface area contributed by atoms with Crippen LogP contribution in [0.25, 0.3) is 0 Å². The van der Waals surface area contributed by atoms with Gasteiger partial charge < -0.3 is 10.6 Å². The summed E-state index contributed by atoms with van der Waals surface area (Å²) in [4.78, 5) is 26.9. The molecule has 1 heterocycles. The van der Waals surface area contributed by atoms with Gasteiger partial charge in [-0.3, -0.25) is 14.5 Å². The topological polar surface area (TPSA) is 66.6 Å². The Bertz CT molecular complexity index is 514. The average molecular weight is 275 g/mol. The molecule has 5 heteroatoms. The van der Waals surface area contributed by atoms with Crippen molar-refractivity contribution in [3.05, 3.63) is 35.4 Å². The highest BCUT2D eigenvalue weighted by atomic mass is 16.2. The molecule has 2 rings (SSSR count). The minimum absolute atomic E-state index is 0.0621. The summed E-state index contributed by atoms with van der Waals surface area (Å²) in [5.74, 6) is -0.260. The van der Waals surface area contributed by atoms with E-state index in [1.54, 1.807) is 19.0 Å². The monoisotopic (exact) mass is 275 g/mol. The molecule has 0 saturated carbocycles. The van der Waals surface area contributed by atoms with Crippen LogP contribution in [0.1, 0.15) is 17.5 Å². The zero-order valence-corrected chi connectivity index (χ0v) is 12.0. The van der Waals surface area contributed by atoms with Gasteiger partial charge in [0, 0.05) is 33.6 Å². The maximum Gasteiger partial charge on any atom is 0.235 e. The quantitative estimate of drug-likeness (QED) is 0.863. The maximum atomic E-state index is 11.7. The van der Waals surface area contributed by atoms with Gasteiger partial charge in [-0.2, -0.15) is 0 Å². The molecule has 0 unspecified atom stereocenters. The van der Waals surface area contributed by atoms with Crippen molar-refractivity contribution in [1.82, 2.24) is 9.80 Å². The van der Waals surface area contributed by atoms with E-state index in [4.69, 9.17) is 5.73 Å². The number of fused-ring (bicyclic) bond motifs is 1. The van der Waals surface area contributed by atoms with Gasteiger partial charge in [0.15, 0.2) is 0 Å². The van der Waals surface area contributed by atoms with Gasteiger partial charge in [-0.05, 0) is 17.5 Å². The molecule has 2 amide bonds. The van der Waals surface area contributed by atoms with E-state index in [0.29, 0.717) is 25.9 Å². The van der Waals surface area contributed by atoms with Crippen LogP contribution in [0.4, 0.5) is 0 Å². The van der Waals surface area contributed by atoms with Gasteiger partial charge in [0.05, 0.1) is 6.04 Å². The molecule has 0 fully saturated rings. The number of carbonyl (C=O) groups is 2. The van der Waals surface area contributed by atoms with Crippen molar-refractivity contribution in [2.75, 3.05) is 20.6 Å². The number of nitrogens with zero attached hydrogens (tertiary/aromatic N) is 2. The molecule has 1 aliphatic rings. The van der Waals surface area contributed by atoms with Gasteiger partial charge in [0.2, 0.25) is 11.8 Å². The van der Waals surface area contributed by atoms with E-state index >= 15 is 0 Å². The Morgan fingerprint density at radius 1 is 1.30 bits per heavy atom. The Balaban J connectivity index is 2.10. The molecule has 0 saturated heterocycles. The lowest BCUT2D eigenvalue weighted by Gasteiger charge is -2.35. The molecule has 1 aromatic carbocycles. The fraction of sp³-hybridized carbons (Fsp3) is 0.467. The first kappa shape index (κ1) is 14.5. The normalized spacial score (nSPS) is 18.4. The first-order valence-corrected chi connectivity index (χ1v) is 6.79. The molecular formula is C15H21N3O2. The predicted octanol–water partition coefficient (Wildman–Crippen LogP) is 0.377. The molecule has 1 atom stereocenters. The van der Waals surface area contributed by atoms with Crippen LogP contribution in [-0.4, -0.2) is 48.3 Å². The maximum absolute atomic E-state index is 11.7. The van der Waals surface area contributed by atoms with Crippen molar-refractivity contribution in [2.45, 2.75) is 25.4 Å².